The van der Waals surface area contributed by atoms with Crippen molar-refractivity contribution in [2.24, 2.45) is 5.10 Å². The van der Waals surface area contributed by atoms with Crippen LogP contribution in [0, 0.1) is 5.82 Å². The van der Waals surface area contributed by atoms with Crippen molar-refractivity contribution in [3.63, 3.8) is 0 Å². The first-order valence-electron chi connectivity index (χ1n) is 5.05. The number of hydrogen-bond donors (Lipinski definition) is 1. The first-order valence-corrected chi connectivity index (χ1v) is 5.43. The molecule has 0 heterocycles. The SMILES string of the molecule is Fc1c(Cl)cccc1NN=Cc1ccccc1. The molecule has 0 radical (unpaired) electrons. The minimum atomic E-state index is -0.501. The summed E-state index contributed by atoms with van der Waals surface area (Å²) in [6.07, 6.45) is 1.61. The molecule has 2 aromatic carbocycles. The van der Waals surface area contributed by atoms with Crippen LogP contribution >= 0.6 is 11.6 Å². The number of benzene rings is 2. The lowest BCUT2D eigenvalue weighted by atomic mass is 10.2. The Balaban J connectivity index is 2.08. The molecule has 0 aromatic heterocycles. The summed E-state index contributed by atoms with van der Waals surface area (Å²) in [5.41, 5.74) is 3.80. The van der Waals surface area contributed by atoms with E-state index in [-0.39, 0.29) is 10.7 Å². The second kappa shape index (κ2) is 5.46. The van der Waals surface area contributed by atoms with Crippen molar-refractivity contribution in [2.45, 2.75) is 0 Å². The summed E-state index contributed by atoms with van der Waals surface area (Å²) in [5.74, 6) is -0.501. The van der Waals surface area contributed by atoms with Crippen LogP contribution in [-0.2, 0) is 0 Å². The summed E-state index contributed by atoms with van der Waals surface area (Å²) >= 11 is 5.64. The molecule has 0 aliphatic rings. The monoisotopic (exact) mass is 248 g/mol. The molecule has 86 valence electrons. The summed E-state index contributed by atoms with van der Waals surface area (Å²) in [6.45, 7) is 0. The molecule has 0 atom stereocenters. The fourth-order valence-corrected chi connectivity index (χ4v) is 1.48. The minimum Gasteiger partial charge on any atom is -0.275 e. The molecule has 2 aromatic rings. The predicted molar refractivity (Wildman–Crippen MR) is 69.1 cm³/mol. The summed E-state index contributed by atoms with van der Waals surface area (Å²) < 4.78 is 13.5. The molecule has 0 unspecified atom stereocenters. The maximum absolute atomic E-state index is 13.5. The van der Waals surface area contributed by atoms with E-state index in [1.807, 2.05) is 30.3 Å². The zero-order valence-electron chi connectivity index (χ0n) is 8.90. The molecular weight excluding hydrogens is 239 g/mol. The van der Waals surface area contributed by atoms with Crippen LogP contribution in [0.3, 0.4) is 0 Å². The molecule has 2 rings (SSSR count). The van der Waals surface area contributed by atoms with Gasteiger partial charge in [0.05, 0.1) is 16.9 Å². The third-order valence-electron chi connectivity index (χ3n) is 2.15. The average Bonchev–Trinajstić information content (AvgIpc) is 2.36. The maximum Gasteiger partial charge on any atom is 0.166 e. The third-order valence-corrected chi connectivity index (χ3v) is 2.44. The van der Waals surface area contributed by atoms with Gasteiger partial charge in [0.15, 0.2) is 5.82 Å². The molecular formula is C13H10ClFN2. The Morgan fingerprint density at radius 1 is 1.06 bits per heavy atom. The van der Waals surface area contributed by atoms with Gasteiger partial charge in [-0.05, 0) is 17.7 Å². The molecule has 0 bridgehead atoms. The third kappa shape index (κ3) is 3.04. The Kier molecular flexibility index (Phi) is 3.73. The Hall–Kier alpha value is -1.87. The molecule has 0 aliphatic carbocycles. The Labute approximate surface area is 104 Å². The van der Waals surface area contributed by atoms with Crippen LogP contribution in [0.4, 0.5) is 10.1 Å². The number of nitrogens with one attached hydrogen (secondary N) is 1. The molecule has 0 amide bonds. The lowest BCUT2D eigenvalue weighted by molar-refractivity contribution is 0.631. The van der Waals surface area contributed by atoms with Crippen LogP contribution in [-0.4, -0.2) is 6.21 Å². The van der Waals surface area contributed by atoms with Crippen molar-refractivity contribution in [2.75, 3.05) is 5.43 Å². The van der Waals surface area contributed by atoms with E-state index in [2.05, 4.69) is 10.5 Å². The van der Waals surface area contributed by atoms with Crippen LogP contribution in [0.15, 0.2) is 53.6 Å². The highest BCUT2D eigenvalue weighted by Crippen LogP contribution is 2.21. The highest BCUT2D eigenvalue weighted by Gasteiger charge is 2.03. The highest BCUT2D eigenvalue weighted by molar-refractivity contribution is 6.31. The van der Waals surface area contributed by atoms with Gasteiger partial charge in [0.2, 0.25) is 0 Å². The number of anilines is 1. The molecule has 0 spiro atoms. The van der Waals surface area contributed by atoms with E-state index in [0.29, 0.717) is 0 Å². The molecule has 2 nitrogen and oxygen atoms in total. The van der Waals surface area contributed by atoms with Crippen molar-refractivity contribution in [1.29, 1.82) is 0 Å². The van der Waals surface area contributed by atoms with E-state index in [1.165, 1.54) is 6.07 Å². The van der Waals surface area contributed by atoms with Crippen molar-refractivity contribution >= 4 is 23.5 Å². The Morgan fingerprint density at radius 3 is 2.59 bits per heavy atom. The minimum absolute atomic E-state index is 0.0740. The number of hydrazone groups is 1. The smallest absolute Gasteiger partial charge is 0.166 e. The van der Waals surface area contributed by atoms with Crippen molar-refractivity contribution < 1.29 is 4.39 Å². The van der Waals surface area contributed by atoms with E-state index in [9.17, 15) is 4.39 Å². The van der Waals surface area contributed by atoms with Gasteiger partial charge in [-0.2, -0.15) is 5.10 Å². The lowest BCUT2D eigenvalue weighted by Crippen LogP contribution is -1.94. The molecule has 0 saturated heterocycles. The summed E-state index contributed by atoms with van der Waals surface area (Å²) in [5, 5.41) is 4.01. The van der Waals surface area contributed by atoms with E-state index in [4.69, 9.17) is 11.6 Å². The van der Waals surface area contributed by atoms with Crippen LogP contribution in [0.1, 0.15) is 5.56 Å². The predicted octanol–water partition coefficient (Wildman–Crippen LogP) is 3.93. The number of rotatable bonds is 3. The normalized spacial score (nSPS) is 10.7. The maximum atomic E-state index is 13.5. The molecule has 1 N–H and O–H groups in total. The van der Waals surface area contributed by atoms with Gasteiger partial charge in [0.1, 0.15) is 0 Å². The topological polar surface area (TPSA) is 24.4 Å². The van der Waals surface area contributed by atoms with Gasteiger partial charge in [0, 0.05) is 0 Å². The highest BCUT2D eigenvalue weighted by atomic mass is 35.5. The summed E-state index contributed by atoms with van der Waals surface area (Å²) in [7, 11) is 0. The quantitative estimate of drug-likeness (QED) is 0.646. The zero-order valence-corrected chi connectivity index (χ0v) is 9.66. The van der Waals surface area contributed by atoms with E-state index in [0.717, 1.165) is 5.56 Å². The van der Waals surface area contributed by atoms with Crippen molar-refractivity contribution in [1.82, 2.24) is 0 Å². The van der Waals surface area contributed by atoms with Crippen molar-refractivity contribution in [3.05, 3.63) is 64.9 Å². The van der Waals surface area contributed by atoms with Gasteiger partial charge in [-0.1, -0.05) is 48.0 Å². The molecule has 0 fully saturated rings. The van der Waals surface area contributed by atoms with E-state index in [1.54, 1.807) is 18.3 Å². The van der Waals surface area contributed by atoms with E-state index >= 15 is 0 Å². The summed E-state index contributed by atoms with van der Waals surface area (Å²) in [6, 6.07) is 14.3. The van der Waals surface area contributed by atoms with Crippen molar-refractivity contribution in [3.8, 4) is 0 Å². The molecule has 0 saturated carbocycles. The second-order valence-electron chi connectivity index (χ2n) is 3.38. The van der Waals surface area contributed by atoms with Gasteiger partial charge >= 0.3 is 0 Å². The largest absolute Gasteiger partial charge is 0.275 e. The standard InChI is InChI=1S/C13H10ClFN2/c14-11-7-4-8-12(13(11)15)17-16-9-10-5-2-1-3-6-10/h1-9,17H. The molecule has 4 heteroatoms. The average molecular weight is 249 g/mol. The van der Waals surface area contributed by atoms with Crippen LogP contribution < -0.4 is 5.43 Å². The first-order chi connectivity index (χ1) is 8.27. The van der Waals surface area contributed by atoms with Gasteiger partial charge < -0.3 is 0 Å². The fraction of sp³-hybridized carbons (Fsp3) is 0. The van der Waals surface area contributed by atoms with Gasteiger partial charge in [0.25, 0.3) is 0 Å². The van der Waals surface area contributed by atoms with Gasteiger partial charge in [-0.3, -0.25) is 5.43 Å². The second-order valence-corrected chi connectivity index (χ2v) is 3.79. The van der Waals surface area contributed by atoms with Crippen LogP contribution in [0.5, 0.6) is 0 Å². The number of halogens is 2. The first kappa shape index (κ1) is 11.6. The van der Waals surface area contributed by atoms with Gasteiger partial charge in [-0.15, -0.1) is 0 Å². The lowest BCUT2D eigenvalue weighted by Gasteiger charge is -2.02. The Bertz CT molecular complexity index is 526. The fourth-order valence-electron chi connectivity index (χ4n) is 1.31. The summed E-state index contributed by atoms with van der Waals surface area (Å²) in [4.78, 5) is 0. The Morgan fingerprint density at radius 2 is 1.82 bits per heavy atom. The van der Waals surface area contributed by atoms with Crippen LogP contribution in [0.2, 0.25) is 5.02 Å². The number of nitrogens with zero attached hydrogens (tertiary/aromatic N) is 1. The zero-order chi connectivity index (χ0) is 12.1. The number of hydrogen-bond acceptors (Lipinski definition) is 2. The van der Waals surface area contributed by atoms with Crippen LogP contribution in [0.25, 0.3) is 0 Å². The van der Waals surface area contributed by atoms with E-state index < -0.39 is 5.82 Å². The molecule has 17 heavy (non-hydrogen) atoms. The van der Waals surface area contributed by atoms with Gasteiger partial charge in [-0.25, -0.2) is 4.39 Å². The molecule has 0 aliphatic heterocycles.